The number of halogens is 1. The first kappa shape index (κ1) is 15.2. The van der Waals surface area contributed by atoms with Gasteiger partial charge in [0.25, 0.3) is 0 Å². The predicted octanol–water partition coefficient (Wildman–Crippen LogP) is 3.90. The van der Waals surface area contributed by atoms with Gasteiger partial charge in [-0.15, -0.1) is 0 Å². The summed E-state index contributed by atoms with van der Waals surface area (Å²) >= 11 is 6.14. The fourth-order valence-electron chi connectivity index (χ4n) is 2.62. The van der Waals surface area contributed by atoms with E-state index in [1.165, 1.54) is 19.3 Å². The van der Waals surface area contributed by atoms with Gasteiger partial charge < -0.3 is 10.6 Å². The third-order valence-electron chi connectivity index (χ3n) is 3.84. The van der Waals surface area contributed by atoms with Crippen LogP contribution >= 0.6 is 11.6 Å². The molecule has 0 radical (unpaired) electrons. The van der Waals surface area contributed by atoms with Gasteiger partial charge in [0, 0.05) is 6.04 Å². The Morgan fingerprint density at radius 3 is 2.70 bits per heavy atom. The van der Waals surface area contributed by atoms with E-state index in [0.29, 0.717) is 11.1 Å². The van der Waals surface area contributed by atoms with Crippen LogP contribution in [0.2, 0.25) is 5.02 Å². The van der Waals surface area contributed by atoms with Gasteiger partial charge >= 0.3 is 0 Å². The number of rotatable bonds is 4. The molecule has 1 amide bonds. The van der Waals surface area contributed by atoms with E-state index in [2.05, 4.69) is 10.6 Å². The lowest BCUT2D eigenvalue weighted by Crippen LogP contribution is -2.44. The maximum absolute atomic E-state index is 12.2. The monoisotopic (exact) mass is 294 g/mol. The van der Waals surface area contributed by atoms with Crippen molar-refractivity contribution in [2.45, 2.75) is 58.0 Å². The average molecular weight is 295 g/mol. The summed E-state index contributed by atoms with van der Waals surface area (Å²) < 4.78 is 0. The van der Waals surface area contributed by atoms with Crippen LogP contribution in [0.5, 0.6) is 0 Å². The summed E-state index contributed by atoms with van der Waals surface area (Å²) in [5, 5.41) is 6.97. The number of hydrogen-bond acceptors (Lipinski definition) is 2. The number of nitrogens with one attached hydrogen (secondary N) is 2. The quantitative estimate of drug-likeness (QED) is 0.884. The zero-order valence-electron chi connectivity index (χ0n) is 12.2. The molecule has 1 unspecified atom stereocenters. The van der Waals surface area contributed by atoms with Gasteiger partial charge in [-0.05, 0) is 44.4 Å². The summed E-state index contributed by atoms with van der Waals surface area (Å²) in [6.07, 6.45) is 5.93. The van der Waals surface area contributed by atoms with Crippen LogP contribution in [0.15, 0.2) is 18.2 Å². The molecule has 1 aromatic carbocycles. The molecular weight excluding hydrogens is 272 g/mol. The van der Waals surface area contributed by atoms with Crippen molar-refractivity contribution in [2.75, 3.05) is 5.32 Å². The minimum absolute atomic E-state index is 0.0504. The highest BCUT2D eigenvalue weighted by molar-refractivity contribution is 6.33. The highest BCUT2D eigenvalue weighted by atomic mass is 35.5. The van der Waals surface area contributed by atoms with E-state index >= 15 is 0 Å². The molecule has 1 atom stereocenters. The molecule has 4 heteroatoms. The lowest BCUT2D eigenvalue weighted by atomic mass is 9.95. The van der Waals surface area contributed by atoms with Crippen LogP contribution in [-0.2, 0) is 4.79 Å². The summed E-state index contributed by atoms with van der Waals surface area (Å²) in [6, 6.07) is 5.84. The Morgan fingerprint density at radius 2 is 2.00 bits per heavy atom. The molecule has 110 valence electrons. The van der Waals surface area contributed by atoms with Gasteiger partial charge in [0.1, 0.15) is 6.04 Å². The number of carbonyl (C=O) groups excluding carboxylic acids is 1. The zero-order chi connectivity index (χ0) is 14.5. The summed E-state index contributed by atoms with van der Waals surface area (Å²) in [5.41, 5.74) is 1.94. The number of carbonyl (C=O) groups is 1. The molecule has 0 aliphatic heterocycles. The number of hydrogen-bond donors (Lipinski definition) is 2. The molecule has 1 aromatic rings. The van der Waals surface area contributed by atoms with Gasteiger partial charge in [-0.2, -0.15) is 0 Å². The Hall–Kier alpha value is -1.22. The Labute approximate surface area is 126 Å². The fraction of sp³-hybridized carbons (Fsp3) is 0.562. The molecule has 2 N–H and O–H groups in total. The minimum atomic E-state index is -0.281. The Bertz CT molecular complexity index is 470. The molecule has 0 heterocycles. The van der Waals surface area contributed by atoms with Gasteiger partial charge in [-0.3, -0.25) is 4.79 Å². The van der Waals surface area contributed by atoms with Crippen molar-refractivity contribution in [3.63, 3.8) is 0 Å². The summed E-state index contributed by atoms with van der Waals surface area (Å²) in [5.74, 6) is 0.0504. The third-order valence-corrected chi connectivity index (χ3v) is 4.17. The maximum atomic E-state index is 12.2. The van der Waals surface area contributed by atoms with Crippen LogP contribution in [0.1, 0.15) is 44.6 Å². The fourth-order valence-corrected chi connectivity index (χ4v) is 2.79. The SMILES string of the molecule is Cc1ccc(Cl)c(NC(C)C(=O)NC2CCCCC2)c1. The van der Waals surface area contributed by atoms with Crippen molar-refractivity contribution in [3.05, 3.63) is 28.8 Å². The predicted molar refractivity (Wildman–Crippen MR) is 84.3 cm³/mol. The molecule has 0 saturated heterocycles. The van der Waals surface area contributed by atoms with Crippen LogP contribution in [0.25, 0.3) is 0 Å². The Kier molecular flexibility index (Phi) is 5.30. The standard InChI is InChI=1S/C16H23ClN2O/c1-11-8-9-14(17)15(10-11)18-12(2)16(20)19-13-6-4-3-5-7-13/h8-10,12-13,18H,3-7H2,1-2H3,(H,19,20). The maximum Gasteiger partial charge on any atom is 0.242 e. The van der Waals surface area contributed by atoms with Crippen molar-refractivity contribution in [1.82, 2.24) is 5.32 Å². The van der Waals surface area contributed by atoms with Crippen LogP contribution in [-0.4, -0.2) is 18.0 Å². The van der Waals surface area contributed by atoms with E-state index in [-0.39, 0.29) is 11.9 Å². The molecule has 2 rings (SSSR count). The summed E-state index contributed by atoms with van der Waals surface area (Å²) in [6.45, 7) is 3.88. The second kappa shape index (κ2) is 6.98. The van der Waals surface area contributed by atoms with E-state index < -0.39 is 0 Å². The Morgan fingerprint density at radius 1 is 1.30 bits per heavy atom. The van der Waals surface area contributed by atoms with Gasteiger partial charge in [-0.1, -0.05) is 36.9 Å². The number of anilines is 1. The Balaban J connectivity index is 1.91. The highest BCUT2D eigenvalue weighted by Gasteiger charge is 2.19. The van der Waals surface area contributed by atoms with E-state index in [1.807, 2.05) is 32.0 Å². The molecule has 1 fully saturated rings. The second-order valence-corrected chi connectivity index (χ2v) is 6.10. The van der Waals surface area contributed by atoms with Crippen LogP contribution in [0, 0.1) is 6.92 Å². The molecular formula is C16H23ClN2O. The second-order valence-electron chi connectivity index (χ2n) is 5.69. The summed E-state index contributed by atoms with van der Waals surface area (Å²) in [4.78, 5) is 12.2. The first-order valence-electron chi connectivity index (χ1n) is 7.39. The lowest BCUT2D eigenvalue weighted by molar-refractivity contribution is -0.122. The van der Waals surface area contributed by atoms with Crippen molar-refractivity contribution in [1.29, 1.82) is 0 Å². The first-order chi connectivity index (χ1) is 9.56. The summed E-state index contributed by atoms with van der Waals surface area (Å²) in [7, 11) is 0. The van der Waals surface area contributed by atoms with E-state index in [4.69, 9.17) is 11.6 Å². The van der Waals surface area contributed by atoms with Crippen molar-refractivity contribution >= 4 is 23.2 Å². The van der Waals surface area contributed by atoms with Gasteiger partial charge in [0.15, 0.2) is 0 Å². The third kappa shape index (κ3) is 4.14. The van der Waals surface area contributed by atoms with Gasteiger partial charge in [0.2, 0.25) is 5.91 Å². The number of aryl methyl sites for hydroxylation is 1. The molecule has 0 spiro atoms. The largest absolute Gasteiger partial charge is 0.373 e. The zero-order valence-corrected chi connectivity index (χ0v) is 13.0. The van der Waals surface area contributed by atoms with Gasteiger partial charge in [0.05, 0.1) is 10.7 Å². The average Bonchev–Trinajstić information content (AvgIpc) is 2.44. The molecule has 3 nitrogen and oxygen atoms in total. The molecule has 1 saturated carbocycles. The van der Waals surface area contributed by atoms with E-state index in [0.717, 1.165) is 24.1 Å². The molecule has 20 heavy (non-hydrogen) atoms. The van der Waals surface area contributed by atoms with Crippen LogP contribution < -0.4 is 10.6 Å². The molecule has 1 aliphatic rings. The topological polar surface area (TPSA) is 41.1 Å². The number of amides is 1. The minimum Gasteiger partial charge on any atom is -0.373 e. The molecule has 0 aromatic heterocycles. The van der Waals surface area contributed by atoms with Crippen molar-refractivity contribution in [3.8, 4) is 0 Å². The van der Waals surface area contributed by atoms with E-state index in [1.54, 1.807) is 0 Å². The molecule has 1 aliphatic carbocycles. The first-order valence-corrected chi connectivity index (χ1v) is 7.77. The lowest BCUT2D eigenvalue weighted by Gasteiger charge is -2.25. The highest BCUT2D eigenvalue weighted by Crippen LogP contribution is 2.23. The van der Waals surface area contributed by atoms with E-state index in [9.17, 15) is 4.79 Å². The van der Waals surface area contributed by atoms with Gasteiger partial charge in [-0.25, -0.2) is 0 Å². The normalized spacial score (nSPS) is 17.6. The van der Waals surface area contributed by atoms with Crippen molar-refractivity contribution in [2.24, 2.45) is 0 Å². The molecule has 0 bridgehead atoms. The van der Waals surface area contributed by atoms with Crippen LogP contribution in [0.4, 0.5) is 5.69 Å². The van der Waals surface area contributed by atoms with Crippen LogP contribution in [0.3, 0.4) is 0 Å². The smallest absolute Gasteiger partial charge is 0.242 e. The van der Waals surface area contributed by atoms with Crippen molar-refractivity contribution < 1.29 is 4.79 Å². The number of benzene rings is 1.